The van der Waals surface area contributed by atoms with E-state index in [-0.39, 0.29) is 0 Å². The first-order valence-electron chi connectivity index (χ1n) is 6.79. The Morgan fingerprint density at radius 2 is 1.63 bits per heavy atom. The number of likely N-dealkylation sites (tertiary alicyclic amines) is 1. The normalized spacial score (nSPS) is 17.1. The molecule has 0 aromatic carbocycles. The van der Waals surface area contributed by atoms with Crippen molar-refractivity contribution in [2.45, 2.75) is 24.9 Å². The number of rotatable bonds is 5. The highest BCUT2D eigenvalue weighted by Gasteiger charge is 2.33. The van der Waals surface area contributed by atoms with Crippen molar-refractivity contribution in [3.63, 3.8) is 0 Å². The predicted octanol–water partition coefficient (Wildman–Crippen LogP) is 3.53. The highest BCUT2D eigenvalue weighted by molar-refractivity contribution is 7.08. The maximum atomic E-state index is 11.2. The SMILES string of the molecule is OC(CCN1CCCC1)(c1ccsc1)c1ccsc1. The zero-order valence-electron chi connectivity index (χ0n) is 10.9. The summed E-state index contributed by atoms with van der Waals surface area (Å²) in [5, 5.41) is 19.4. The van der Waals surface area contributed by atoms with Crippen molar-refractivity contribution in [3.05, 3.63) is 44.8 Å². The van der Waals surface area contributed by atoms with Crippen LogP contribution in [0.3, 0.4) is 0 Å². The molecule has 1 aliphatic heterocycles. The highest BCUT2D eigenvalue weighted by Crippen LogP contribution is 2.35. The number of hydrogen-bond donors (Lipinski definition) is 1. The zero-order valence-corrected chi connectivity index (χ0v) is 12.6. The van der Waals surface area contributed by atoms with E-state index < -0.39 is 5.60 Å². The second-order valence-electron chi connectivity index (χ2n) is 5.18. The Hall–Kier alpha value is -0.680. The van der Waals surface area contributed by atoms with Crippen molar-refractivity contribution in [3.8, 4) is 0 Å². The standard InChI is InChI=1S/C15H19NOS2/c17-15(13-3-9-18-11-13,14-4-10-19-12-14)5-8-16-6-1-2-7-16/h3-4,9-12,17H,1-2,5-8H2. The molecule has 3 heterocycles. The number of aliphatic hydroxyl groups is 1. The van der Waals surface area contributed by atoms with Crippen molar-refractivity contribution < 1.29 is 5.11 Å². The fourth-order valence-electron chi connectivity index (χ4n) is 2.78. The first-order valence-corrected chi connectivity index (χ1v) is 8.68. The summed E-state index contributed by atoms with van der Waals surface area (Å²) in [6.45, 7) is 3.34. The van der Waals surface area contributed by atoms with Gasteiger partial charge in [0.1, 0.15) is 5.60 Å². The zero-order chi connectivity index (χ0) is 13.1. The second-order valence-corrected chi connectivity index (χ2v) is 6.74. The van der Waals surface area contributed by atoms with Gasteiger partial charge in [-0.15, -0.1) is 0 Å². The molecule has 102 valence electrons. The molecule has 0 atom stereocenters. The first kappa shape index (κ1) is 13.3. The average molecular weight is 293 g/mol. The van der Waals surface area contributed by atoms with Crippen LogP contribution in [0.5, 0.6) is 0 Å². The van der Waals surface area contributed by atoms with E-state index in [1.165, 1.54) is 25.9 Å². The van der Waals surface area contributed by atoms with Gasteiger partial charge in [-0.3, -0.25) is 0 Å². The van der Waals surface area contributed by atoms with Gasteiger partial charge in [0.15, 0.2) is 0 Å². The second kappa shape index (κ2) is 5.75. The molecule has 0 saturated carbocycles. The van der Waals surface area contributed by atoms with Gasteiger partial charge in [0.2, 0.25) is 0 Å². The monoisotopic (exact) mass is 293 g/mol. The van der Waals surface area contributed by atoms with Gasteiger partial charge in [-0.05, 0) is 77.1 Å². The molecule has 0 amide bonds. The van der Waals surface area contributed by atoms with Gasteiger partial charge in [0.05, 0.1) is 0 Å². The Balaban J connectivity index is 1.80. The van der Waals surface area contributed by atoms with Crippen LogP contribution in [0, 0.1) is 0 Å². The summed E-state index contributed by atoms with van der Waals surface area (Å²) in [6.07, 6.45) is 3.38. The van der Waals surface area contributed by atoms with E-state index in [2.05, 4.69) is 15.7 Å². The van der Waals surface area contributed by atoms with Gasteiger partial charge in [-0.1, -0.05) is 0 Å². The first-order chi connectivity index (χ1) is 9.29. The molecule has 3 rings (SSSR count). The van der Waals surface area contributed by atoms with E-state index in [9.17, 15) is 5.11 Å². The molecule has 0 unspecified atom stereocenters. The van der Waals surface area contributed by atoms with E-state index in [1.54, 1.807) is 22.7 Å². The molecular weight excluding hydrogens is 274 g/mol. The third-order valence-corrected chi connectivity index (χ3v) is 5.35. The minimum absolute atomic E-state index is 0.778. The number of hydrogen-bond acceptors (Lipinski definition) is 4. The lowest BCUT2D eigenvalue weighted by atomic mass is 9.87. The Labute approximate surface area is 122 Å². The predicted molar refractivity (Wildman–Crippen MR) is 81.9 cm³/mol. The topological polar surface area (TPSA) is 23.5 Å². The molecule has 2 aromatic heterocycles. The summed E-state index contributed by atoms with van der Waals surface area (Å²) in [5.74, 6) is 0. The van der Waals surface area contributed by atoms with Crippen LogP contribution < -0.4 is 0 Å². The van der Waals surface area contributed by atoms with Crippen LogP contribution >= 0.6 is 22.7 Å². The molecule has 4 heteroatoms. The fourth-order valence-corrected chi connectivity index (χ4v) is 4.23. The maximum Gasteiger partial charge on any atom is 0.117 e. The third-order valence-electron chi connectivity index (χ3n) is 3.99. The minimum atomic E-state index is -0.817. The molecule has 2 nitrogen and oxygen atoms in total. The molecule has 0 bridgehead atoms. The summed E-state index contributed by atoms with van der Waals surface area (Å²) in [7, 11) is 0. The summed E-state index contributed by atoms with van der Waals surface area (Å²) in [6, 6.07) is 4.10. The average Bonchev–Trinajstić information content (AvgIpc) is 3.18. The highest BCUT2D eigenvalue weighted by atomic mass is 32.1. The Bertz CT molecular complexity index is 452. The van der Waals surface area contributed by atoms with E-state index in [0.29, 0.717) is 0 Å². The number of nitrogens with zero attached hydrogens (tertiary/aromatic N) is 1. The molecule has 1 N–H and O–H groups in total. The van der Waals surface area contributed by atoms with Gasteiger partial charge in [-0.25, -0.2) is 0 Å². The molecule has 1 fully saturated rings. The largest absolute Gasteiger partial charge is 0.380 e. The van der Waals surface area contributed by atoms with Crippen molar-refractivity contribution >= 4 is 22.7 Å². The van der Waals surface area contributed by atoms with Crippen LogP contribution in [0.25, 0.3) is 0 Å². The van der Waals surface area contributed by atoms with E-state index in [1.807, 2.05) is 22.9 Å². The van der Waals surface area contributed by atoms with Crippen LogP contribution in [0.4, 0.5) is 0 Å². The molecule has 0 aliphatic carbocycles. The Morgan fingerprint density at radius 3 is 2.11 bits per heavy atom. The summed E-state index contributed by atoms with van der Waals surface area (Å²) < 4.78 is 0. The Kier molecular flexibility index (Phi) is 4.03. The van der Waals surface area contributed by atoms with E-state index in [4.69, 9.17) is 0 Å². The van der Waals surface area contributed by atoms with E-state index >= 15 is 0 Å². The van der Waals surface area contributed by atoms with Gasteiger partial charge in [0, 0.05) is 6.54 Å². The molecule has 1 aliphatic rings. The maximum absolute atomic E-state index is 11.2. The quantitative estimate of drug-likeness (QED) is 0.911. The van der Waals surface area contributed by atoms with Crippen molar-refractivity contribution in [1.82, 2.24) is 4.90 Å². The molecule has 2 aromatic rings. The fraction of sp³-hybridized carbons (Fsp3) is 0.467. The van der Waals surface area contributed by atoms with Crippen molar-refractivity contribution in [2.75, 3.05) is 19.6 Å². The summed E-state index contributed by atoms with van der Waals surface area (Å²) in [4.78, 5) is 2.46. The number of thiophene rings is 2. The van der Waals surface area contributed by atoms with E-state index in [0.717, 1.165) is 24.1 Å². The Morgan fingerprint density at radius 1 is 1.05 bits per heavy atom. The van der Waals surface area contributed by atoms with Crippen LogP contribution in [0.15, 0.2) is 33.7 Å². The minimum Gasteiger partial charge on any atom is -0.380 e. The lowest BCUT2D eigenvalue weighted by Gasteiger charge is -2.29. The molecule has 1 saturated heterocycles. The van der Waals surface area contributed by atoms with Crippen LogP contribution in [-0.2, 0) is 5.60 Å². The van der Waals surface area contributed by atoms with Gasteiger partial charge in [0.25, 0.3) is 0 Å². The van der Waals surface area contributed by atoms with Crippen LogP contribution in [0.2, 0.25) is 0 Å². The van der Waals surface area contributed by atoms with Crippen LogP contribution in [-0.4, -0.2) is 29.6 Å². The van der Waals surface area contributed by atoms with Crippen molar-refractivity contribution in [2.24, 2.45) is 0 Å². The molecule has 19 heavy (non-hydrogen) atoms. The molecular formula is C15H19NOS2. The van der Waals surface area contributed by atoms with Crippen LogP contribution in [0.1, 0.15) is 30.4 Å². The van der Waals surface area contributed by atoms with Gasteiger partial charge in [-0.2, -0.15) is 22.7 Å². The third kappa shape index (κ3) is 2.77. The van der Waals surface area contributed by atoms with Gasteiger partial charge >= 0.3 is 0 Å². The summed E-state index contributed by atoms with van der Waals surface area (Å²) >= 11 is 3.30. The van der Waals surface area contributed by atoms with Crippen molar-refractivity contribution in [1.29, 1.82) is 0 Å². The van der Waals surface area contributed by atoms with Gasteiger partial charge < -0.3 is 10.0 Å². The lowest BCUT2D eigenvalue weighted by Crippen LogP contribution is -2.32. The summed E-state index contributed by atoms with van der Waals surface area (Å²) in [5.41, 5.74) is 1.26. The lowest BCUT2D eigenvalue weighted by molar-refractivity contribution is 0.0611. The molecule has 0 radical (unpaired) electrons. The molecule has 0 spiro atoms. The smallest absolute Gasteiger partial charge is 0.117 e.